The number of hydrogen-bond acceptors (Lipinski definition) is 2. The van der Waals surface area contributed by atoms with Crippen LogP contribution in [0.3, 0.4) is 0 Å². The van der Waals surface area contributed by atoms with Crippen LogP contribution in [0.25, 0.3) is 0 Å². The lowest BCUT2D eigenvalue weighted by molar-refractivity contribution is 0.0780. The van der Waals surface area contributed by atoms with Crippen molar-refractivity contribution in [1.82, 2.24) is 8.80 Å². The Hall–Kier alpha value is 0.730. The van der Waals surface area contributed by atoms with Gasteiger partial charge in [-0.05, 0) is 25.2 Å². The first kappa shape index (κ1) is 16.8. The van der Waals surface area contributed by atoms with Crippen LogP contribution in [0.4, 0.5) is 0 Å². The van der Waals surface area contributed by atoms with E-state index in [1.807, 2.05) is 0 Å². The van der Waals surface area contributed by atoms with E-state index in [1.165, 1.54) is 0 Å². The summed E-state index contributed by atoms with van der Waals surface area (Å²) in [6.45, 7) is 13.4. The molecule has 1 aliphatic rings. The van der Waals surface area contributed by atoms with Gasteiger partial charge in [-0.25, -0.2) is 4.72 Å². The monoisotopic (exact) mass is 312 g/mol. The first-order valence-corrected chi connectivity index (χ1v) is 10.4. The van der Waals surface area contributed by atoms with Crippen LogP contribution in [0, 0.1) is 16.7 Å². The second kappa shape index (κ2) is 5.26. The molecule has 1 aliphatic heterocycles. The Bertz CT molecular complexity index is 398. The molecule has 1 heterocycles. The zero-order valence-corrected chi connectivity index (χ0v) is 15.1. The summed E-state index contributed by atoms with van der Waals surface area (Å²) in [6, 6.07) is 0.0274. The van der Waals surface area contributed by atoms with Gasteiger partial charge in [-0.2, -0.15) is 12.5 Å². The van der Waals surface area contributed by atoms with Crippen LogP contribution in [0.5, 0.6) is 0 Å². The lowest BCUT2D eigenvalue weighted by Gasteiger charge is -2.50. The predicted molar refractivity (Wildman–Crippen MR) is 83.0 cm³/mol. The van der Waals surface area contributed by atoms with Crippen LogP contribution in [-0.2, 0) is 10.2 Å². The summed E-state index contributed by atoms with van der Waals surface area (Å²) in [5.74, 6) is 0.300. The maximum atomic E-state index is 12.2. The summed E-state index contributed by atoms with van der Waals surface area (Å²) in [5, 5.41) is 0. The largest absolute Gasteiger partial charge is 0.283 e. The molecular formula is C11H26N2O2P2S. The fraction of sp³-hybridized carbons (Fsp3) is 1.00. The van der Waals surface area contributed by atoms with E-state index in [0.717, 1.165) is 0 Å². The minimum Gasteiger partial charge on any atom is -0.201 e. The molecule has 1 rings (SSSR count). The van der Waals surface area contributed by atoms with E-state index in [9.17, 15) is 8.42 Å². The summed E-state index contributed by atoms with van der Waals surface area (Å²) in [7, 11) is -0.585. The Morgan fingerprint density at radius 3 is 2.00 bits per heavy atom. The molecule has 0 bridgehead atoms. The van der Waals surface area contributed by atoms with Crippen LogP contribution < -0.4 is 4.72 Å². The summed E-state index contributed by atoms with van der Waals surface area (Å²) in [5.41, 5.74) is 0.000139. The second-order valence-corrected chi connectivity index (χ2v) is 10.5. The Balaban J connectivity index is 3.26. The molecule has 1 fully saturated rings. The molecule has 0 aromatic rings. The minimum absolute atomic E-state index is 0.0274. The van der Waals surface area contributed by atoms with Crippen LogP contribution >= 0.6 is 17.3 Å². The normalized spacial score (nSPS) is 31.1. The van der Waals surface area contributed by atoms with Gasteiger partial charge in [0.1, 0.15) is 0 Å². The smallest absolute Gasteiger partial charge is 0.201 e. The van der Waals surface area contributed by atoms with Gasteiger partial charge in [-0.1, -0.05) is 50.5 Å². The lowest BCUT2D eigenvalue weighted by atomic mass is 9.68. The zero-order valence-electron chi connectivity index (χ0n) is 12.1. The van der Waals surface area contributed by atoms with E-state index >= 15 is 0 Å². The molecular weight excluding hydrogens is 286 g/mol. The van der Waals surface area contributed by atoms with Gasteiger partial charge >= 0.3 is 0 Å². The molecule has 108 valence electrons. The fourth-order valence-electron chi connectivity index (χ4n) is 2.57. The standard InChI is InChI=1S/C11H26N2O2P2S/c1-10(2,3)8-7-12-18(14,15)13(17-16)9(8)11(4,5)6/h8-9,12,17H,7,16H2,1-6H3. The summed E-state index contributed by atoms with van der Waals surface area (Å²) < 4.78 is 28.6. The Morgan fingerprint density at radius 2 is 1.67 bits per heavy atom. The van der Waals surface area contributed by atoms with E-state index in [-0.39, 0.29) is 25.3 Å². The van der Waals surface area contributed by atoms with Crippen LogP contribution in [0.1, 0.15) is 41.5 Å². The zero-order chi connectivity index (χ0) is 14.4. The van der Waals surface area contributed by atoms with Crippen molar-refractivity contribution in [2.45, 2.75) is 47.6 Å². The molecule has 1 N–H and O–H groups in total. The van der Waals surface area contributed by atoms with Crippen molar-refractivity contribution in [1.29, 1.82) is 0 Å². The molecule has 0 aliphatic carbocycles. The van der Waals surface area contributed by atoms with Gasteiger partial charge in [0.05, 0.1) is 0 Å². The van der Waals surface area contributed by atoms with E-state index in [4.69, 9.17) is 0 Å². The number of nitrogens with one attached hydrogen (secondary N) is 1. The average molecular weight is 312 g/mol. The van der Waals surface area contributed by atoms with E-state index in [1.54, 1.807) is 4.08 Å². The van der Waals surface area contributed by atoms with E-state index in [0.29, 0.717) is 12.5 Å². The summed E-state index contributed by atoms with van der Waals surface area (Å²) >= 11 is 0. The molecule has 0 amide bonds. The van der Waals surface area contributed by atoms with Crippen molar-refractivity contribution in [3.8, 4) is 0 Å². The van der Waals surface area contributed by atoms with E-state index in [2.05, 4.69) is 55.2 Å². The van der Waals surface area contributed by atoms with Crippen LogP contribution in [-0.4, -0.2) is 25.1 Å². The second-order valence-electron chi connectivity index (χ2n) is 7.06. The highest BCUT2D eigenvalue weighted by atomic mass is 32.2. The molecule has 7 heteroatoms. The lowest BCUT2D eigenvalue weighted by Crippen LogP contribution is -2.61. The Morgan fingerprint density at radius 1 is 1.17 bits per heavy atom. The van der Waals surface area contributed by atoms with Crippen molar-refractivity contribution in [3.63, 3.8) is 0 Å². The maximum Gasteiger partial charge on any atom is 0.283 e. The highest BCUT2D eigenvalue weighted by Crippen LogP contribution is 2.47. The van der Waals surface area contributed by atoms with Gasteiger partial charge < -0.3 is 0 Å². The SMILES string of the molecule is CC(C)(C)C1CNS(=O)(=O)N(PP)C1C(C)(C)C. The van der Waals surface area contributed by atoms with Gasteiger partial charge in [0.15, 0.2) is 0 Å². The molecule has 0 saturated carbocycles. The molecule has 1 saturated heterocycles. The predicted octanol–water partition coefficient (Wildman–Crippen LogP) is 2.60. The third-order valence-corrected chi connectivity index (χ3v) is 7.75. The summed E-state index contributed by atoms with van der Waals surface area (Å²) in [6.07, 6.45) is 0. The molecule has 4 nitrogen and oxygen atoms in total. The molecule has 18 heavy (non-hydrogen) atoms. The minimum atomic E-state index is -3.32. The molecule has 0 aromatic carbocycles. The van der Waals surface area contributed by atoms with Crippen molar-refractivity contribution < 1.29 is 8.42 Å². The molecule has 0 radical (unpaired) electrons. The van der Waals surface area contributed by atoms with Crippen molar-refractivity contribution >= 4 is 27.6 Å². The van der Waals surface area contributed by atoms with Gasteiger partial charge in [0.2, 0.25) is 0 Å². The molecule has 4 atom stereocenters. The average Bonchev–Trinajstić information content (AvgIpc) is 2.12. The van der Waals surface area contributed by atoms with Crippen molar-refractivity contribution in [2.75, 3.05) is 6.54 Å². The number of hydrogen-bond donors (Lipinski definition) is 1. The number of nitrogens with zero attached hydrogens (tertiary/aromatic N) is 1. The Labute approximate surface area is 116 Å². The van der Waals surface area contributed by atoms with Gasteiger partial charge in [-0.3, -0.25) is 0 Å². The van der Waals surface area contributed by atoms with Gasteiger partial charge in [-0.15, -0.1) is 0 Å². The van der Waals surface area contributed by atoms with Crippen LogP contribution in [0.15, 0.2) is 0 Å². The molecule has 0 aromatic heterocycles. The first-order chi connectivity index (χ1) is 7.91. The maximum absolute atomic E-state index is 12.2. The van der Waals surface area contributed by atoms with E-state index < -0.39 is 10.2 Å². The highest BCUT2D eigenvalue weighted by molar-refractivity contribution is 8.08. The quantitative estimate of drug-likeness (QED) is 0.757. The van der Waals surface area contributed by atoms with Crippen LogP contribution in [0.2, 0.25) is 0 Å². The topological polar surface area (TPSA) is 49.4 Å². The third kappa shape index (κ3) is 3.43. The number of rotatable bonds is 1. The van der Waals surface area contributed by atoms with Gasteiger partial charge in [0.25, 0.3) is 10.2 Å². The molecule has 4 unspecified atom stereocenters. The Kier molecular flexibility index (Phi) is 4.90. The van der Waals surface area contributed by atoms with Crippen molar-refractivity contribution in [2.24, 2.45) is 16.7 Å². The first-order valence-electron chi connectivity index (χ1n) is 6.16. The summed E-state index contributed by atoms with van der Waals surface area (Å²) in [4.78, 5) is 0. The van der Waals surface area contributed by atoms with Gasteiger partial charge in [0, 0.05) is 12.6 Å². The molecule has 0 spiro atoms. The van der Waals surface area contributed by atoms with Crippen molar-refractivity contribution in [3.05, 3.63) is 0 Å². The third-order valence-electron chi connectivity index (χ3n) is 3.51. The highest BCUT2D eigenvalue weighted by Gasteiger charge is 2.49. The fourth-order valence-corrected chi connectivity index (χ4v) is 7.07.